The number of rotatable bonds is 21. The minimum atomic E-state index is -3.55. The average molecular weight is 1060 g/mol. The summed E-state index contributed by atoms with van der Waals surface area (Å²) in [6.07, 6.45) is 4.77. The predicted octanol–water partition coefficient (Wildman–Crippen LogP) is 6.26. The molecule has 0 spiro atoms. The lowest BCUT2D eigenvalue weighted by molar-refractivity contribution is -0.144. The molecular weight excluding hydrogens is 1000 g/mol. The number of amides is 6. The number of likely N-dealkylation sites (tertiary alicyclic amines) is 1. The second-order valence-electron chi connectivity index (χ2n) is 19.3. The fraction of sp³-hybridized carbons (Fsp3) is 0.358. The molecule has 74 heavy (non-hydrogen) atoms. The zero-order chi connectivity index (χ0) is 53.2. The summed E-state index contributed by atoms with van der Waals surface area (Å²) in [4.78, 5) is 90.0. The van der Waals surface area contributed by atoms with E-state index in [4.69, 9.17) is 0 Å². The molecule has 3 aromatic heterocycles. The maximum atomic E-state index is 14.1. The average Bonchev–Trinajstić information content (AvgIpc) is 4.21. The van der Waals surface area contributed by atoms with E-state index >= 15 is 0 Å². The van der Waals surface area contributed by atoms with Crippen molar-refractivity contribution in [1.82, 2.24) is 40.1 Å². The van der Waals surface area contributed by atoms with Gasteiger partial charge in [-0.05, 0) is 71.2 Å². The van der Waals surface area contributed by atoms with E-state index in [9.17, 15) is 42.3 Å². The Morgan fingerprint density at radius 3 is 2.18 bits per heavy atom. The maximum absolute atomic E-state index is 14.1. The Balaban J connectivity index is 0.818. The second-order valence-corrected chi connectivity index (χ2v) is 22.9. The number of aromatic nitrogens is 3. The highest BCUT2D eigenvalue weighted by atomic mass is 32.2. The van der Waals surface area contributed by atoms with Crippen molar-refractivity contribution in [3.8, 4) is 32.8 Å². The van der Waals surface area contributed by atoms with Gasteiger partial charge in [0, 0.05) is 62.2 Å². The Morgan fingerprint density at radius 2 is 1.49 bits per heavy atom. The van der Waals surface area contributed by atoms with E-state index in [1.54, 1.807) is 16.8 Å². The number of thiazole rings is 2. The fourth-order valence-electron chi connectivity index (χ4n) is 8.38. The number of nitrogens with zero attached hydrogens (tertiary/aromatic N) is 4. The Kier molecular flexibility index (Phi) is 18.0. The molecule has 390 valence electrons. The SMILES string of the molecule is Cc1ncsc1-c1ccc(CNC(=O)[C@@H]2C[C@@H](O)CN2C(=O)[C@@H](NC(=O)CCCCCC(=O)NCc2cccc(-c3cccc(-c4csc(NC(=O)CNC(=O)c5ccn(S(C)(=O)=O)c5)n4)c3)c2)C(C)(C)C)cc1. The molecule has 0 radical (unpaired) electrons. The number of benzene rings is 3. The number of aliphatic hydroxyl groups is 1. The highest BCUT2D eigenvalue weighted by Crippen LogP contribution is 2.31. The first-order valence-electron chi connectivity index (χ1n) is 24.2. The Morgan fingerprint density at radius 1 is 0.797 bits per heavy atom. The van der Waals surface area contributed by atoms with Crippen LogP contribution < -0.4 is 26.6 Å². The van der Waals surface area contributed by atoms with Crippen LogP contribution >= 0.6 is 22.7 Å². The second kappa shape index (κ2) is 24.3. The van der Waals surface area contributed by atoms with E-state index in [0.717, 1.165) is 54.2 Å². The van der Waals surface area contributed by atoms with Crippen molar-refractivity contribution in [2.45, 2.75) is 97.5 Å². The van der Waals surface area contributed by atoms with Gasteiger partial charge in [0.1, 0.15) is 12.1 Å². The van der Waals surface area contributed by atoms with Crippen molar-refractivity contribution in [2.75, 3.05) is 24.7 Å². The van der Waals surface area contributed by atoms with Crippen molar-refractivity contribution in [1.29, 1.82) is 0 Å². The van der Waals surface area contributed by atoms with Crippen LogP contribution in [0.3, 0.4) is 0 Å². The monoisotopic (exact) mass is 1060 g/mol. The zero-order valence-corrected chi connectivity index (χ0v) is 44.3. The number of aryl methyl sites for hydroxylation is 1. The summed E-state index contributed by atoms with van der Waals surface area (Å²) in [7, 11) is -3.55. The van der Waals surface area contributed by atoms with Crippen molar-refractivity contribution in [2.24, 2.45) is 5.41 Å². The molecule has 0 unspecified atom stereocenters. The zero-order valence-electron chi connectivity index (χ0n) is 41.8. The van der Waals surface area contributed by atoms with Gasteiger partial charge < -0.3 is 36.6 Å². The van der Waals surface area contributed by atoms with Gasteiger partial charge in [-0.2, -0.15) is 0 Å². The summed E-state index contributed by atoms with van der Waals surface area (Å²) in [6, 6.07) is 22.9. The molecule has 0 saturated carbocycles. The summed E-state index contributed by atoms with van der Waals surface area (Å²) in [5.41, 5.74) is 8.30. The third kappa shape index (κ3) is 14.8. The lowest BCUT2D eigenvalue weighted by atomic mass is 9.85. The lowest BCUT2D eigenvalue weighted by Crippen LogP contribution is -2.57. The van der Waals surface area contributed by atoms with E-state index < -0.39 is 51.3 Å². The number of carbonyl (C=O) groups excluding carboxylic acids is 6. The van der Waals surface area contributed by atoms with Crippen molar-refractivity contribution >= 4 is 73.3 Å². The minimum Gasteiger partial charge on any atom is -0.391 e. The van der Waals surface area contributed by atoms with Gasteiger partial charge in [0.2, 0.25) is 39.6 Å². The third-order valence-corrected chi connectivity index (χ3v) is 15.1. The van der Waals surface area contributed by atoms with E-state index in [1.807, 2.05) is 106 Å². The Labute approximate surface area is 438 Å². The minimum absolute atomic E-state index is 0.0186. The number of anilines is 1. The molecule has 6 aromatic rings. The molecule has 1 fully saturated rings. The first-order valence-corrected chi connectivity index (χ1v) is 27.8. The number of nitrogens with one attached hydrogen (secondary N) is 5. The van der Waals surface area contributed by atoms with Gasteiger partial charge in [-0.1, -0.05) is 87.9 Å². The van der Waals surface area contributed by atoms with Gasteiger partial charge in [0.15, 0.2) is 5.13 Å². The van der Waals surface area contributed by atoms with Crippen LogP contribution in [0.5, 0.6) is 0 Å². The van der Waals surface area contributed by atoms with Gasteiger partial charge in [0.05, 0.1) is 46.2 Å². The van der Waals surface area contributed by atoms with E-state index in [-0.39, 0.29) is 62.2 Å². The van der Waals surface area contributed by atoms with Crippen LogP contribution in [0.4, 0.5) is 5.13 Å². The summed E-state index contributed by atoms with van der Waals surface area (Å²) < 4.78 is 24.3. The van der Waals surface area contributed by atoms with Gasteiger partial charge in [0.25, 0.3) is 5.91 Å². The van der Waals surface area contributed by atoms with Crippen LogP contribution in [-0.2, 0) is 47.1 Å². The van der Waals surface area contributed by atoms with Crippen LogP contribution in [0.1, 0.15) is 86.5 Å². The largest absolute Gasteiger partial charge is 0.391 e. The van der Waals surface area contributed by atoms with Crippen LogP contribution in [0.25, 0.3) is 32.8 Å². The van der Waals surface area contributed by atoms with Crippen LogP contribution in [0.15, 0.2) is 102 Å². The number of carbonyl (C=O) groups is 6. The van der Waals surface area contributed by atoms with Gasteiger partial charge in [-0.25, -0.2) is 18.4 Å². The number of unbranched alkanes of at least 4 members (excludes halogenated alkanes) is 2. The maximum Gasteiger partial charge on any atom is 0.253 e. The molecule has 18 nitrogen and oxygen atoms in total. The highest BCUT2D eigenvalue weighted by Gasteiger charge is 2.44. The Hall–Kier alpha value is -7.07. The molecule has 21 heteroatoms. The first-order chi connectivity index (χ1) is 35.2. The van der Waals surface area contributed by atoms with E-state index in [2.05, 4.69) is 36.6 Å². The van der Waals surface area contributed by atoms with Crippen molar-refractivity contribution < 1.29 is 42.3 Å². The molecule has 4 heterocycles. The highest BCUT2D eigenvalue weighted by molar-refractivity contribution is 7.89. The standard InChI is InChI=1S/C53H61N9O9S3/c1-33-47(73-32-57-33)36-19-17-34(18-20-36)26-55-50(68)43-25-41(63)30-62(43)51(69)48(53(2,3)4)59-45(65)16-8-6-7-15-44(64)54-27-35-11-9-12-37(23-35)38-13-10-14-39(24-38)42-31-72-52(58-42)60-46(66)28-56-49(67)40-21-22-61(29-40)74(5,70)71/h9-14,17-24,29,31-32,41,43,48,63H,6-8,15-16,25-28,30H2,1-5H3,(H,54,64)(H,55,68)(H,56,67)(H,59,65)(H,58,60,66)/t41-,43+,48-/m1/s1. The number of hydrogen-bond acceptors (Lipinski definition) is 13. The van der Waals surface area contributed by atoms with Gasteiger partial charge in [-0.15, -0.1) is 22.7 Å². The Bertz CT molecular complexity index is 3110. The quantitative estimate of drug-likeness (QED) is 0.0439. The van der Waals surface area contributed by atoms with Crippen molar-refractivity contribution in [3.05, 3.63) is 125 Å². The predicted molar refractivity (Wildman–Crippen MR) is 285 cm³/mol. The molecule has 3 aromatic carbocycles. The summed E-state index contributed by atoms with van der Waals surface area (Å²) >= 11 is 2.79. The van der Waals surface area contributed by atoms with Crippen LogP contribution in [0, 0.1) is 12.3 Å². The molecule has 1 aliphatic heterocycles. The van der Waals surface area contributed by atoms with E-state index in [1.165, 1.54) is 34.7 Å². The number of hydrogen-bond donors (Lipinski definition) is 6. The summed E-state index contributed by atoms with van der Waals surface area (Å²) in [5, 5.41) is 26.7. The smallest absolute Gasteiger partial charge is 0.253 e. The molecule has 6 N–H and O–H groups in total. The first kappa shape index (κ1) is 54.7. The topological polar surface area (TPSA) is 251 Å². The number of β-amino-alcohol motifs (C(OH)–C–C–N with tert-alkyl or cyclic N) is 1. The van der Waals surface area contributed by atoms with E-state index in [0.29, 0.717) is 36.6 Å². The molecule has 0 aliphatic carbocycles. The molecule has 3 atom stereocenters. The lowest BCUT2D eigenvalue weighted by Gasteiger charge is -2.35. The number of aliphatic hydroxyl groups excluding tert-OH is 1. The van der Waals surface area contributed by atoms with Gasteiger partial charge >= 0.3 is 0 Å². The van der Waals surface area contributed by atoms with Crippen LogP contribution in [-0.4, -0.2) is 105 Å². The molecule has 7 rings (SSSR count). The van der Waals surface area contributed by atoms with Crippen molar-refractivity contribution in [3.63, 3.8) is 0 Å². The third-order valence-electron chi connectivity index (χ3n) is 12.4. The fourth-order valence-corrected chi connectivity index (χ4v) is 10.5. The normalized spacial score (nSPS) is 15.0. The summed E-state index contributed by atoms with van der Waals surface area (Å²) in [6.45, 7) is 7.70. The molecule has 1 saturated heterocycles. The molecule has 1 aliphatic rings. The summed E-state index contributed by atoms with van der Waals surface area (Å²) in [5.74, 6) is -2.33. The molecule has 0 bridgehead atoms. The molecule has 6 amide bonds. The van der Waals surface area contributed by atoms with Gasteiger partial charge in [-0.3, -0.25) is 32.7 Å². The van der Waals surface area contributed by atoms with Crippen LogP contribution in [0.2, 0.25) is 0 Å². The molecular formula is C53H61N9O9S3.